The number of thiophene rings is 1. The van der Waals surface area contributed by atoms with Crippen molar-refractivity contribution in [1.82, 2.24) is 9.97 Å². The number of nitrogens with zero attached hydrogens (tertiary/aromatic N) is 1. The number of aromatic nitrogens is 2. The van der Waals surface area contributed by atoms with Crippen molar-refractivity contribution in [2.45, 2.75) is 37.8 Å². The van der Waals surface area contributed by atoms with Gasteiger partial charge in [-0.1, -0.05) is 11.8 Å². The lowest BCUT2D eigenvalue weighted by Gasteiger charge is -2.12. The van der Waals surface area contributed by atoms with Crippen molar-refractivity contribution in [3.8, 4) is 0 Å². The molecule has 0 bridgehead atoms. The van der Waals surface area contributed by atoms with Gasteiger partial charge in [0.25, 0.3) is 0 Å². The summed E-state index contributed by atoms with van der Waals surface area (Å²) in [4.78, 5) is 32.8. The van der Waals surface area contributed by atoms with Gasteiger partial charge >= 0.3 is 5.97 Å². The number of thioether (sulfide) groups is 1. The number of aromatic amines is 1. The summed E-state index contributed by atoms with van der Waals surface area (Å²) in [6, 6.07) is 0. The molecule has 24 heavy (non-hydrogen) atoms. The zero-order valence-electron chi connectivity index (χ0n) is 13.4. The van der Waals surface area contributed by atoms with Crippen LogP contribution in [0.25, 0.3) is 0 Å². The van der Waals surface area contributed by atoms with Gasteiger partial charge in [-0.15, -0.1) is 11.3 Å². The Bertz CT molecular complexity index is 725. The van der Waals surface area contributed by atoms with Gasteiger partial charge in [-0.25, -0.2) is 9.78 Å². The molecule has 0 aliphatic heterocycles. The van der Waals surface area contributed by atoms with Gasteiger partial charge < -0.3 is 15.0 Å². The van der Waals surface area contributed by atoms with E-state index in [0.29, 0.717) is 22.3 Å². The molecule has 8 heteroatoms. The summed E-state index contributed by atoms with van der Waals surface area (Å²) in [7, 11) is 0. The number of esters is 1. The Labute approximate surface area is 148 Å². The first-order valence-corrected chi connectivity index (χ1v) is 9.73. The van der Waals surface area contributed by atoms with E-state index in [2.05, 4.69) is 15.3 Å². The molecule has 3 rings (SSSR count). The van der Waals surface area contributed by atoms with E-state index in [1.165, 1.54) is 28.0 Å². The van der Waals surface area contributed by atoms with Crippen molar-refractivity contribution in [1.29, 1.82) is 0 Å². The molecule has 0 fully saturated rings. The number of nitrogens with one attached hydrogen (secondary N) is 2. The zero-order chi connectivity index (χ0) is 16.9. The molecule has 0 radical (unpaired) electrons. The summed E-state index contributed by atoms with van der Waals surface area (Å²) in [6.07, 6.45) is 7.38. The number of hydrogen-bond donors (Lipinski definition) is 2. The van der Waals surface area contributed by atoms with Gasteiger partial charge in [0.15, 0.2) is 5.16 Å². The van der Waals surface area contributed by atoms with Crippen molar-refractivity contribution in [3.05, 3.63) is 28.4 Å². The van der Waals surface area contributed by atoms with Gasteiger partial charge in [0, 0.05) is 17.3 Å². The number of carbonyl (C=O) groups excluding carboxylic acids is 2. The summed E-state index contributed by atoms with van der Waals surface area (Å²) >= 11 is 2.83. The fraction of sp³-hybridized carbons (Fsp3) is 0.438. The third-order valence-corrected chi connectivity index (χ3v) is 5.83. The van der Waals surface area contributed by atoms with Crippen LogP contribution in [-0.4, -0.2) is 34.2 Å². The maximum absolute atomic E-state index is 12.3. The third-order valence-electron chi connectivity index (χ3n) is 3.72. The number of H-pyrrole nitrogens is 1. The highest BCUT2D eigenvalue weighted by atomic mass is 32.2. The predicted octanol–water partition coefficient (Wildman–Crippen LogP) is 3.26. The summed E-state index contributed by atoms with van der Waals surface area (Å²) in [6.45, 7) is 2.11. The molecule has 1 aliphatic carbocycles. The fourth-order valence-corrected chi connectivity index (χ4v) is 4.62. The van der Waals surface area contributed by atoms with Crippen LogP contribution in [0.2, 0.25) is 0 Å². The molecular formula is C16H19N3O3S2. The van der Waals surface area contributed by atoms with E-state index in [1.54, 1.807) is 19.3 Å². The van der Waals surface area contributed by atoms with Crippen molar-refractivity contribution < 1.29 is 14.3 Å². The first-order chi connectivity index (χ1) is 11.7. The average molecular weight is 365 g/mol. The van der Waals surface area contributed by atoms with Gasteiger partial charge in [0.05, 0.1) is 17.9 Å². The van der Waals surface area contributed by atoms with Crippen LogP contribution >= 0.6 is 23.1 Å². The summed E-state index contributed by atoms with van der Waals surface area (Å²) < 4.78 is 5.19. The second-order valence-corrected chi connectivity index (χ2v) is 7.44. The highest BCUT2D eigenvalue weighted by Gasteiger charge is 2.27. The van der Waals surface area contributed by atoms with Gasteiger partial charge in [-0.05, 0) is 38.2 Å². The van der Waals surface area contributed by atoms with Crippen LogP contribution in [0.15, 0.2) is 17.6 Å². The number of aryl methyl sites for hydroxylation is 1. The molecule has 2 aromatic rings. The molecule has 1 aliphatic rings. The standard InChI is InChI=1S/C16H19N3O3S2/c1-2-22-15(21)13-10-5-3-4-6-11(10)24-14(13)19-12(20)9-23-16-17-7-8-18-16/h7-8H,2-6,9H2,1H3,(H,17,18)(H,19,20). The highest BCUT2D eigenvalue weighted by Crippen LogP contribution is 2.38. The van der Waals surface area contributed by atoms with Crippen LogP contribution in [0, 0.1) is 0 Å². The number of carbonyl (C=O) groups is 2. The topological polar surface area (TPSA) is 84.1 Å². The summed E-state index contributed by atoms with van der Waals surface area (Å²) in [5, 5.41) is 4.20. The lowest BCUT2D eigenvalue weighted by atomic mass is 9.95. The quantitative estimate of drug-likeness (QED) is 0.606. The van der Waals surface area contributed by atoms with Gasteiger partial charge in [-0.3, -0.25) is 4.79 Å². The highest BCUT2D eigenvalue weighted by molar-refractivity contribution is 7.99. The van der Waals surface area contributed by atoms with E-state index in [-0.39, 0.29) is 17.6 Å². The number of fused-ring (bicyclic) bond motifs is 1. The van der Waals surface area contributed by atoms with Crippen LogP contribution in [0.1, 0.15) is 40.6 Å². The molecule has 0 unspecified atom stereocenters. The summed E-state index contributed by atoms with van der Waals surface area (Å²) in [5.41, 5.74) is 1.60. The van der Waals surface area contributed by atoms with E-state index in [9.17, 15) is 9.59 Å². The SMILES string of the molecule is CCOC(=O)c1c(NC(=O)CSc2ncc[nH]2)sc2c1CCCC2. The van der Waals surface area contributed by atoms with E-state index < -0.39 is 0 Å². The largest absolute Gasteiger partial charge is 0.462 e. The molecular weight excluding hydrogens is 346 g/mol. The first-order valence-electron chi connectivity index (χ1n) is 7.92. The smallest absolute Gasteiger partial charge is 0.341 e. The van der Waals surface area contributed by atoms with Crippen molar-refractivity contribution in [2.75, 3.05) is 17.7 Å². The average Bonchev–Trinajstić information content (AvgIpc) is 3.20. The molecule has 2 aromatic heterocycles. The van der Waals surface area contributed by atoms with E-state index in [4.69, 9.17) is 4.74 Å². The van der Waals surface area contributed by atoms with Crippen LogP contribution < -0.4 is 5.32 Å². The molecule has 6 nitrogen and oxygen atoms in total. The molecule has 128 valence electrons. The van der Waals surface area contributed by atoms with Gasteiger partial charge in [-0.2, -0.15) is 0 Å². The van der Waals surface area contributed by atoms with Crippen LogP contribution in [-0.2, 0) is 22.4 Å². The number of anilines is 1. The molecule has 0 saturated carbocycles. The van der Waals surface area contributed by atoms with Gasteiger partial charge in [0.2, 0.25) is 5.91 Å². The minimum atomic E-state index is -0.342. The Morgan fingerprint density at radius 2 is 2.25 bits per heavy atom. The normalized spacial score (nSPS) is 13.4. The second-order valence-electron chi connectivity index (χ2n) is 5.37. The Morgan fingerprint density at radius 1 is 1.42 bits per heavy atom. The number of ether oxygens (including phenoxy) is 1. The molecule has 0 spiro atoms. The van der Waals surface area contributed by atoms with E-state index in [0.717, 1.165) is 31.2 Å². The Morgan fingerprint density at radius 3 is 3.00 bits per heavy atom. The van der Waals surface area contributed by atoms with Crippen molar-refractivity contribution in [3.63, 3.8) is 0 Å². The molecule has 2 heterocycles. The third kappa shape index (κ3) is 3.81. The Hall–Kier alpha value is -1.80. The number of amides is 1. The first kappa shape index (κ1) is 17.0. The molecule has 2 N–H and O–H groups in total. The van der Waals surface area contributed by atoms with E-state index >= 15 is 0 Å². The van der Waals surface area contributed by atoms with Crippen molar-refractivity contribution in [2.24, 2.45) is 0 Å². The number of rotatable bonds is 6. The number of imidazole rings is 1. The molecule has 1 amide bonds. The Balaban J connectivity index is 1.75. The van der Waals surface area contributed by atoms with Gasteiger partial charge in [0.1, 0.15) is 5.00 Å². The van der Waals surface area contributed by atoms with E-state index in [1.807, 2.05) is 0 Å². The van der Waals surface area contributed by atoms with Crippen LogP contribution in [0.5, 0.6) is 0 Å². The van der Waals surface area contributed by atoms with Crippen molar-refractivity contribution >= 4 is 40.0 Å². The van der Waals surface area contributed by atoms with Crippen LogP contribution in [0.3, 0.4) is 0 Å². The number of hydrogen-bond acceptors (Lipinski definition) is 6. The maximum Gasteiger partial charge on any atom is 0.341 e. The predicted molar refractivity (Wildman–Crippen MR) is 94.9 cm³/mol. The lowest BCUT2D eigenvalue weighted by molar-refractivity contribution is -0.113. The zero-order valence-corrected chi connectivity index (χ0v) is 15.0. The minimum Gasteiger partial charge on any atom is -0.462 e. The minimum absolute atomic E-state index is 0.152. The Kier molecular flexibility index (Phi) is 5.57. The molecule has 0 saturated heterocycles. The fourth-order valence-electron chi connectivity index (χ4n) is 2.70. The maximum atomic E-state index is 12.3. The molecule has 0 aromatic carbocycles. The second kappa shape index (κ2) is 7.85. The lowest BCUT2D eigenvalue weighted by Crippen LogP contribution is -2.17. The van der Waals surface area contributed by atoms with Crippen LogP contribution in [0.4, 0.5) is 5.00 Å². The molecule has 0 atom stereocenters. The summed E-state index contributed by atoms with van der Waals surface area (Å²) in [5.74, 6) is -0.260. The monoisotopic (exact) mass is 365 g/mol.